The molecule has 0 aliphatic heterocycles. The average Bonchev–Trinajstić information content (AvgIpc) is 3.74. The Balaban J connectivity index is 1.36. The van der Waals surface area contributed by atoms with Crippen molar-refractivity contribution in [2.24, 2.45) is 5.92 Å². The predicted molar refractivity (Wildman–Crippen MR) is 163 cm³/mol. The Morgan fingerprint density at radius 1 is 1.02 bits per heavy atom. The molecule has 1 aliphatic carbocycles. The second-order valence-corrected chi connectivity index (χ2v) is 10.3. The van der Waals surface area contributed by atoms with E-state index in [0.29, 0.717) is 11.5 Å². The van der Waals surface area contributed by atoms with Gasteiger partial charge in [-0.05, 0) is 73.2 Å². The van der Waals surface area contributed by atoms with E-state index in [2.05, 4.69) is 62.9 Å². The number of hydrogen-bond donors (Lipinski definition) is 3. The Morgan fingerprint density at radius 2 is 1.85 bits per heavy atom. The van der Waals surface area contributed by atoms with Crippen LogP contribution in [-0.2, 0) is 0 Å². The maximum atomic E-state index is 14.6. The molecule has 0 radical (unpaired) electrons. The summed E-state index contributed by atoms with van der Waals surface area (Å²) in [6.45, 7) is 10.4. The lowest BCUT2D eigenvalue weighted by Gasteiger charge is -2.17. The fourth-order valence-electron chi connectivity index (χ4n) is 5.68. The average molecular weight is 530 g/mol. The maximum Gasteiger partial charge on any atom is 0.131 e. The minimum absolute atomic E-state index is 0.276. The Kier molecular flexibility index (Phi) is 6.91. The van der Waals surface area contributed by atoms with E-state index < -0.39 is 0 Å². The van der Waals surface area contributed by atoms with E-state index in [4.69, 9.17) is 0 Å². The third-order valence-electron chi connectivity index (χ3n) is 7.86. The van der Waals surface area contributed by atoms with Crippen molar-refractivity contribution in [3.63, 3.8) is 0 Å². The molecular formula is C34H32FN5. The number of halogens is 1. The van der Waals surface area contributed by atoms with Crippen LogP contribution >= 0.6 is 0 Å². The van der Waals surface area contributed by atoms with Gasteiger partial charge in [-0.2, -0.15) is 5.10 Å². The monoisotopic (exact) mass is 529 g/mol. The molecule has 1 fully saturated rings. The van der Waals surface area contributed by atoms with Crippen LogP contribution in [0.3, 0.4) is 0 Å². The van der Waals surface area contributed by atoms with Crippen LogP contribution in [0, 0.1) is 11.7 Å². The van der Waals surface area contributed by atoms with Crippen LogP contribution in [0.1, 0.15) is 38.2 Å². The molecule has 3 N–H and O–H groups in total. The Bertz CT molecular complexity index is 1800. The summed E-state index contributed by atoms with van der Waals surface area (Å²) in [6.07, 6.45) is 14.4. The number of H-pyrrole nitrogens is 2. The van der Waals surface area contributed by atoms with E-state index in [1.165, 1.54) is 31.7 Å². The molecule has 6 heteroatoms. The molecular weight excluding hydrogens is 497 g/mol. The first-order valence-corrected chi connectivity index (χ1v) is 13.7. The molecule has 0 amide bonds. The minimum atomic E-state index is -0.276. The fraction of sp³-hybridized carbons (Fsp3) is 0.176. The Hall–Kier alpha value is -4.71. The summed E-state index contributed by atoms with van der Waals surface area (Å²) in [5.41, 5.74) is 8.78. The van der Waals surface area contributed by atoms with Gasteiger partial charge in [-0.1, -0.05) is 56.3 Å². The summed E-state index contributed by atoms with van der Waals surface area (Å²) < 4.78 is 14.6. The number of nitrogens with zero attached hydrogens (tertiary/aromatic N) is 2. The molecule has 0 bridgehead atoms. The highest BCUT2D eigenvalue weighted by atomic mass is 19.1. The van der Waals surface area contributed by atoms with Gasteiger partial charge in [-0.15, -0.1) is 0 Å². The summed E-state index contributed by atoms with van der Waals surface area (Å²) in [6, 6.07) is 15.1. The highest BCUT2D eigenvalue weighted by molar-refractivity contribution is 6.01. The quantitative estimate of drug-likeness (QED) is 0.176. The normalized spacial score (nSPS) is 14.8. The van der Waals surface area contributed by atoms with Gasteiger partial charge in [0.05, 0.1) is 22.9 Å². The van der Waals surface area contributed by atoms with Gasteiger partial charge in [0.25, 0.3) is 0 Å². The van der Waals surface area contributed by atoms with Crippen molar-refractivity contribution in [3.05, 3.63) is 115 Å². The molecule has 0 unspecified atom stereocenters. The van der Waals surface area contributed by atoms with E-state index in [1.807, 2.05) is 31.2 Å². The first kappa shape index (κ1) is 25.6. The lowest BCUT2D eigenvalue weighted by molar-refractivity contribution is 0.607. The third-order valence-corrected chi connectivity index (χ3v) is 7.86. The molecule has 3 aromatic heterocycles. The number of fused-ring (bicyclic) bond motifs is 2. The number of nitrogens with one attached hydrogen (secondary N) is 3. The van der Waals surface area contributed by atoms with Crippen LogP contribution in [0.4, 0.5) is 4.39 Å². The third kappa shape index (κ3) is 4.77. The van der Waals surface area contributed by atoms with Crippen molar-refractivity contribution in [2.45, 2.75) is 32.6 Å². The molecule has 40 heavy (non-hydrogen) atoms. The first-order valence-electron chi connectivity index (χ1n) is 13.7. The van der Waals surface area contributed by atoms with E-state index in [0.717, 1.165) is 61.3 Å². The molecule has 1 saturated carbocycles. The van der Waals surface area contributed by atoms with E-state index in [9.17, 15) is 4.39 Å². The summed E-state index contributed by atoms with van der Waals surface area (Å²) in [4.78, 5) is 7.80. The molecule has 3 heterocycles. The van der Waals surface area contributed by atoms with Gasteiger partial charge in [-0.3, -0.25) is 10.1 Å². The number of rotatable bonds is 8. The van der Waals surface area contributed by atoms with Crippen LogP contribution in [0.2, 0.25) is 0 Å². The van der Waals surface area contributed by atoms with Crippen molar-refractivity contribution >= 4 is 27.4 Å². The molecule has 0 atom stereocenters. The summed E-state index contributed by atoms with van der Waals surface area (Å²) in [7, 11) is 0. The summed E-state index contributed by atoms with van der Waals surface area (Å²) >= 11 is 0. The first-order chi connectivity index (χ1) is 19.6. The van der Waals surface area contributed by atoms with Gasteiger partial charge in [0.15, 0.2) is 0 Å². The summed E-state index contributed by atoms with van der Waals surface area (Å²) in [5.74, 6) is 0.245. The molecule has 5 nitrogen and oxygen atoms in total. The van der Waals surface area contributed by atoms with Gasteiger partial charge in [0.2, 0.25) is 0 Å². The van der Waals surface area contributed by atoms with Crippen LogP contribution in [0.5, 0.6) is 0 Å². The van der Waals surface area contributed by atoms with Crippen LogP contribution in [-0.4, -0.2) is 20.2 Å². The molecule has 6 rings (SSSR count). The fourth-order valence-corrected chi connectivity index (χ4v) is 5.68. The number of aromatic amines is 2. The van der Waals surface area contributed by atoms with Gasteiger partial charge < -0.3 is 10.3 Å². The molecule has 2 aromatic carbocycles. The number of pyridine rings is 1. The van der Waals surface area contributed by atoms with E-state index in [-0.39, 0.29) is 5.82 Å². The predicted octanol–water partition coefficient (Wildman–Crippen LogP) is 8.68. The van der Waals surface area contributed by atoms with Crippen molar-refractivity contribution in [1.82, 2.24) is 25.5 Å². The van der Waals surface area contributed by atoms with Gasteiger partial charge in [0, 0.05) is 39.5 Å². The number of benzene rings is 2. The lowest BCUT2D eigenvalue weighted by atomic mass is 10.0. The number of aromatic nitrogens is 4. The SMILES string of the molecule is C=C/C(=C\C(=C/C)c1ccc2[nH]nc(-c3cc4c(-c5ccccc5F)cncc4[nH]3)c2c1)NC(=C)C1CCCC1. The largest absolute Gasteiger partial charge is 0.359 e. The van der Waals surface area contributed by atoms with Crippen molar-refractivity contribution in [3.8, 4) is 22.5 Å². The molecule has 0 spiro atoms. The maximum absolute atomic E-state index is 14.6. The van der Waals surface area contributed by atoms with Gasteiger partial charge in [0.1, 0.15) is 11.5 Å². The number of hydrogen-bond acceptors (Lipinski definition) is 3. The second-order valence-electron chi connectivity index (χ2n) is 10.3. The highest BCUT2D eigenvalue weighted by Gasteiger charge is 2.19. The molecule has 200 valence electrons. The van der Waals surface area contributed by atoms with Crippen molar-refractivity contribution < 1.29 is 4.39 Å². The zero-order chi connectivity index (χ0) is 27.6. The standard InChI is InChI=1S/C34H32FN5/c1-4-22(16-25(5-2)37-21(3)23-10-6-7-11-23)24-14-15-31-28(17-24)34(40-39-31)32-18-27-29(19-36-20-33(27)38-32)26-12-8-9-13-30(26)35/h4-5,8-9,12-20,23,37-38H,2-3,6-7,10-11H2,1H3,(H,39,40)/b22-4+,25-16+. The zero-order valence-corrected chi connectivity index (χ0v) is 22.6. The van der Waals surface area contributed by atoms with Crippen LogP contribution < -0.4 is 5.32 Å². The lowest BCUT2D eigenvalue weighted by Crippen LogP contribution is -2.16. The van der Waals surface area contributed by atoms with Crippen molar-refractivity contribution in [2.75, 3.05) is 0 Å². The molecule has 1 aliphatic rings. The van der Waals surface area contributed by atoms with Crippen molar-refractivity contribution in [1.29, 1.82) is 0 Å². The van der Waals surface area contributed by atoms with E-state index >= 15 is 0 Å². The highest BCUT2D eigenvalue weighted by Crippen LogP contribution is 2.35. The van der Waals surface area contributed by atoms with Gasteiger partial charge in [-0.25, -0.2) is 4.39 Å². The van der Waals surface area contributed by atoms with Crippen LogP contribution in [0.25, 0.3) is 49.9 Å². The Morgan fingerprint density at radius 3 is 2.62 bits per heavy atom. The second kappa shape index (κ2) is 10.8. The molecule has 0 saturated heterocycles. The zero-order valence-electron chi connectivity index (χ0n) is 22.6. The summed E-state index contributed by atoms with van der Waals surface area (Å²) in [5, 5.41) is 13.2. The topological polar surface area (TPSA) is 69.4 Å². The Labute approximate surface area is 233 Å². The smallest absolute Gasteiger partial charge is 0.131 e. The number of allylic oxidation sites excluding steroid dienone is 5. The molecule has 5 aromatic rings. The van der Waals surface area contributed by atoms with Gasteiger partial charge >= 0.3 is 0 Å². The van der Waals surface area contributed by atoms with E-state index in [1.54, 1.807) is 24.5 Å². The van der Waals surface area contributed by atoms with Crippen LogP contribution in [0.15, 0.2) is 104 Å². The minimum Gasteiger partial charge on any atom is -0.359 e.